The van der Waals surface area contributed by atoms with Crippen molar-refractivity contribution in [1.82, 2.24) is 9.80 Å². The van der Waals surface area contributed by atoms with Crippen LogP contribution in [0.5, 0.6) is 0 Å². The van der Waals surface area contributed by atoms with Gasteiger partial charge in [-0.2, -0.15) is 0 Å². The molecule has 1 rings (SSSR count). The number of carbonyl (C=O) groups is 8. The molecule has 17 nitrogen and oxygen atoms in total. The smallest absolute Gasteiger partial charge is 0.347 e. The third-order valence-corrected chi connectivity index (χ3v) is 5.69. The normalized spacial score (nSPS) is 17.8. The van der Waals surface area contributed by atoms with E-state index in [1.54, 1.807) is 0 Å². The van der Waals surface area contributed by atoms with Gasteiger partial charge in [0.2, 0.25) is 11.9 Å². The fraction of sp³-hybridized carbons (Fsp3) is 0.654. The Bertz CT molecular complexity index is 1150. The van der Waals surface area contributed by atoms with Crippen molar-refractivity contribution in [2.45, 2.75) is 92.0 Å². The van der Waals surface area contributed by atoms with Gasteiger partial charge in [0.15, 0.2) is 36.6 Å². The van der Waals surface area contributed by atoms with Crippen molar-refractivity contribution in [3.63, 3.8) is 0 Å². The van der Waals surface area contributed by atoms with Crippen LogP contribution in [-0.4, -0.2) is 120 Å². The molecule has 43 heavy (non-hydrogen) atoms. The van der Waals surface area contributed by atoms with Gasteiger partial charge in [0.1, 0.15) is 0 Å². The van der Waals surface area contributed by atoms with Gasteiger partial charge in [-0.1, -0.05) is 0 Å². The largest absolute Gasteiger partial charge is 0.451 e. The zero-order chi connectivity index (χ0) is 33.2. The van der Waals surface area contributed by atoms with E-state index in [4.69, 9.17) is 23.7 Å². The maximum Gasteiger partial charge on any atom is 0.347 e. The van der Waals surface area contributed by atoms with Crippen LogP contribution < -0.4 is 0 Å². The molecule has 0 saturated carbocycles. The first-order chi connectivity index (χ1) is 19.9. The van der Waals surface area contributed by atoms with Gasteiger partial charge in [0.25, 0.3) is 5.91 Å². The number of guanidine groups is 1. The molecule has 2 amide bonds. The molecule has 0 aromatic carbocycles. The second kappa shape index (κ2) is 16.2. The third kappa shape index (κ3) is 10.6. The molecule has 0 aliphatic carbocycles. The molecule has 0 aromatic rings. The number of rotatable bonds is 12. The number of hydrogen-bond donors (Lipinski definition) is 0. The standard InChI is InChI=1S/C26H37N3O14/c1-12(20(32)29-11-10-28(18(7)30)26(29)27-9)39-22(34)14(3)41-24(36)16(5)43-25(37)17(6)42-23(35)15(4)40-21(33)13(2)38-19(8)31/h12-17H,10-11H2,1-9H3. The first-order valence-corrected chi connectivity index (χ1v) is 13.2. The molecule has 0 spiro atoms. The van der Waals surface area contributed by atoms with Crippen molar-refractivity contribution in [3.8, 4) is 0 Å². The molecule has 1 saturated heterocycles. The molecule has 0 bridgehead atoms. The van der Waals surface area contributed by atoms with Gasteiger partial charge in [-0.25, -0.2) is 24.0 Å². The number of nitrogens with zero attached hydrogens (tertiary/aromatic N) is 3. The summed E-state index contributed by atoms with van der Waals surface area (Å²) in [5, 5.41) is 0. The average Bonchev–Trinajstić information content (AvgIpc) is 3.36. The summed E-state index contributed by atoms with van der Waals surface area (Å²) in [4.78, 5) is 103. The summed E-state index contributed by atoms with van der Waals surface area (Å²) in [6, 6.07) is 0. The van der Waals surface area contributed by atoms with Gasteiger partial charge in [-0.3, -0.25) is 29.2 Å². The van der Waals surface area contributed by atoms with E-state index in [9.17, 15) is 38.4 Å². The minimum atomic E-state index is -1.55. The monoisotopic (exact) mass is 615 g/mol. The molecule has 1 fully saturated rings. The van der Waals surface area contributed by atoms with Crippen LogP contribution in [0.25, 0.3) is 0 Å². The van der Waals surface area contributed by atoms with Crippen LogP contribution in [0, 0.1) is 0 Å². The molecule has 240 valence electrons. The fourth-order valence-corrected chi connectivity index (χ4v) is 3.40. The van der Waals surface area contributed by atoms with Crippen molar-refractivity contribution in [3.05, 3.63) is 0 Å². The summed E-state index contributed by atoms with van der Waals surface area (Å²) in [5.74, 6) is -7.10. The lowest BCUT2D eigenvalue weighted by Gasteiger charge is -2.23. The second-order valence-electron chi connectivity index (χ2n) is 9.33. The Kier molecular flexibility index (Phi) is 13.7. The number of aliphatic imine (C=N–C) groups is 1. The molecular formula is C26H37N3O14. The molecule has 6 unspecified atom stereocenters. The van der Waals surface area contributed by atoms with E-state index in [2.05, 4.69) is 9.73 Å². The molecule has 0 radical (unpaired) electrons. The Balaban J connectivity index is 2.59. The number of hydrogen-bond acceptors (Lipinski definition) is 15. The number of ether oxygens (including phenoxy) is 6. The lowest BCUT2D eigenvalue weighted by molar-refractivity contribution is -0.187. The minimum absolute atomic E-state index is 0.111. The first-order valence-electron chi connectivity index (χ1n) is 13.2. The Hall–Kier alpha value is -4.57. The van der Waals surface area contributed by atoms with Crippen LogP contribution in [0.4, 0.5) is 0 Å². The predicted molar refractivity (Wildman–Crippen MR) is 141 cm³/mol. The quantitative estimate of drug-likeness (QED) is 0.196. The van der Waals surface area contributed by atoms with Crippen LogP contribution >= 0.6 is 0 Å². The Morgan fingerprint density at radius 2 is 0.837 bits per heavy atom. The highest BCUT2D eigenvalue weighted by Gasteiger charge is 2.37. The van der Waals surface area contributed by atoms with E-state index in [1.165, 1.54) is 44.5 Å². The molecule has 1 heterocycles. The summed E-state index contributed by atoms with van der Waals surface area (Å²) in [6.07, 6.45) is -8.65. The molecule has 17 heteroatoms. The highest BCUT2D eigenvalue weighted by atomic mass is 16.6. The van der Waals surface area contributed by atoms with Crippen molar-refractivity contribution < 1.29 is 66.8 Å². The maximum atomic E-state index is 12.8. The highest BCUT2D eigenvalue weighted by Crippen LogP contribution is 2.14. The number of esters is 6. The van der Waals surface area contributed by atoms with Crippen molar-refractivity contribution in [1.29, 1.82) is 0 Å². The van der Waals surface area contributed by atoms with Gasteiger partial charge >= 0.3 is 35.8 Å². The Morgan fingerprint density at radius 3 is 1.14 bits per heavy atom. The summed E-state index contributed by atoms with van der Waals surface area (Å²) in [7, 11) is 1.40. The van der Waals surface area contributed by atoms with E-state index in [1.807, 2.05) is 0 Å². The molecular weight excluding hydrogens is 578 g/mol. The summed E-state index contributed by atoms with van der Waals surface area (Å²) >= 11 is 0. The molecule has 1 aliphatic heterocycles. The van der Waals surface area contributed by atoms with Crippen molar-refractivity contribution in [2.24, 2.45) is 4.99 Å². The molecule has 0 N–H and O–H groups in total. The summed E-state index contributed by atoms with van der Waals surface area (Å²) in [5.41, 5.74) is 0. The highest BCUT2D eigenvalue weighted by molar-refractivity contribution is 6.06. The van der Waals surface area contributed by atoms with Crippen molar-refractivity contribution >= 4 is 53.6 Å². The van der Waals surface area contributed by atoms with E-state index >= 15 is 0 Å². The first kappa shape index (κ1) is 36.5. The molecule has 6 atom stereocenters. The van der Waals surface area contributed by atoms with Gasteiger partial charge in [0, 0.05) is 34.0 Å². The van der Waals surface area contributed by atoms with Crippen LogP contribution in [0.3, 0.4) is 0 Å². The van der Waals surface area contributed by atoms with Crippen LogP contribution in [-0.2, 0) is 66.8 Å². The van der Waals surface area contributed by atoms with E-state index in [0.717, 1.165) is 27.7 Å². The van der Waals surface area contributed by atoms with Gasteiger partial charge in [-0.15, -0.1) is 0 Å². The molecule has 1 aliphatic rings. The third-order valence-electron chi connectivity index (χ3n) is 5.69. The zero-order valence-corrected chi connectivity index (χ0v) is 25.4. The Morgan fingerprint density at radius 1 is 0.535 bits per heavy atom. The minimum Gasteiger partial charge on any atom is -0.451 e. The average molecular weight is 616 g/mol. The van der Waals surface area contributed by atoms with E-state index in [0.29, 0.717) is 0 Å². The topological polar surface area (TPSA) is 211 Å². The lowest BCUT2D eigenvalue weighted by atomic mass is 10.3. The van der Waals surface area contributed by atoms with Gasteiger partial charge in [-0.05, 0) is 41.5 Å². The van der Waals surface area contributed by atoms with Crippen LogP contribution in [0.15, 0.2) is 4.99 Å². The second-order valence-corrected chi connectivity index (χ2v) is 9.33. The van der Waals surface area contributed by atoms with Crippen LogP contribution in [0.2, 0.25) is 0 Å². The van der Waals surface area contributed by atoms with Crippen molar-refractivity contribution in [2.75, 3.05) is 20.1 Å². The number of carbonyl (C=O) groups excluding carboxylic acids is 8. The Labute approximate surface area is 247 Å². The van der Waals surface area contributed by atoms with Gasteiger partial charge < -0.3 is 28.4 Å². The van der Waals surface area contributed by atoms with Gasteiger partial charge in [0.05, 0.1) is 0 Å². The molecule has 0 aromatic heterocycles. The number of amides is 2. The maximum absolute atomic E-state index is 12.8. The summed E-state index contributed by atoms with van der Waals surface area (Å²) < 4.78 is 29.4. The predicted octanol–water partition coefficient (Wildman–Crippen LogP) is -0.727. The fourth-order valence-electron chi connectivity index (χ4n) is 3.40. The zero-order valence-electron chi connectivity index (χ0n) is 25.4. The van der Waals surface area contributed by atoms with E-state index in [-0.39, 0.29) is 25.0 Å². The van der Waals surface area contributed by atoms with E-state index < -0.39 is 78.3 Å². The summed E-state index contributed by atoms with van der Waals surface area (Å²) in [6.45, 7) is 9.92. The van der Waals surface area contributed by atoms with Crippen LogP contribution in [0.1, 0.15) is 55.4 Å². The SMILES string of the molecule is CN=C1N(C(C)=O)CCN1C(=O)C(C)OC(=O)C(C)OC(=O)C(C)OC(=O)C(C)OC(=O)C(C)OC(=O)C(C)OC(C)=O. The lowest BCUT2D eigenvalue weighted by Crippen LogP contribution is -2.45.